The lowest BCUT2D eigenvalue weighted by Gasteiger charge is -2.29. The van der Waals surface area contributed by atoms with Gasteiger partial charge in [-0.1, -0.05) is 31.5 Å². The zero-order valence-electron chi connectivity index (χ0n) is 18.9. The molecule has 1 heterocycles. The summed E-state index contributed by atoms with van der Waals surface area (Å²) in [4.78, 5) is 17.6. The van der Waals surface area contributed by atoms with Crippen LogP contribution >= 0.6 is 11.6 Å². The van der Waals surface area contributed by atoms with Gasteiger partial charge in [-0.25, -0.2) is 0 Å². The molecule has 1 saturated carbocycles. The van der Waals surface area contributed by atoms with Gasteiger partial charge in [0.1, 0.15) is 5.75 Å². The first-order valence-electron chi connectivity index (χ1n) is 11.4. The number of nitrogens with one attached hydrogen (secondary N) is 1. The highest BCUT2D eigenvalue weighted by Gasteiger charge is 2.24. The maximum Gasteiger partial charge on any atom is 0.169 e. The SMILES string of the molecule is CC(C)C(=O)c1cnc2ccc(-c3cc(Cl)c(O)c(CO)c3)cc2c1N[C@H]1CC[C@H](N)CC1. The van der Waals surface area contributed by atoms with Crippen LogP contribution in [0.5, 0.6) is 5.75 Å². The van der Waals surface area contributed by atoms with E-state index in [9.17, 15) is 15.0 Å². The molecule has 0 unspecified atom stereocenters. The van der Waals surface area contributed by atoms with Gasteiger partial charge in [-0.05, 0) is 61.1 Å². The van der Waals surface area contributed by atoms with E-state index in [0.717, 1.165) is 53.4 Å². The number of aromatic nitrogens is 1. The van der Waals surface area contributed by atoms with Crippen LogP contribution in [0.4, 0.5) is 5.69 Å². The molecule has 174 valence electrons. The van der Waals surface area contributed by atoms with Crippen LogP contribution in [0.1, 0.15) is 55.5 Å². The number of ketones is 1. The Hall–Kier alpha value is -2.67. The van der Waals surface area contributed by atoms with E-state index in [4.69, 9.17) is 17.3 Å². The van der Waals surface area contributed by atoms with Gasteiger partial charge in [0, 0.05) is 35.1 Å². The van der Waals surface area contributed by atoms with Crippen molar-refractivity contribution in [3.05, 3.63) is 52.7 Å². The number of hydrogen-bond acceptors (Lipinski definition) is 6. The molecular weight excluding hydrogens is 438 g/mol. The van der Waals surface area contributed by atoms with Crippen molar-refractivity contribution in [1.29, 1.82) is 0 Å². The Morgan fingerprint density at radius 3 is 2.58 bits per heavy atom. The van der Waals surface area contributed by atoms with Crippen molar-refractivity contribution in [2.45, 2.75) is 58.2 Å². The predicted octanol–water partition coefficient (Wildman–Crippen LogP) is 5.27. The third-order valence-electron chi connectivity index (χ3n) is 6.42. The van der Waals surface area contributed by atoms with E-state index in [1.807, 2.05) is 32.0 Å². The second kappa shape index (κ2) is 9.67. The fraction of sp³-hybridized carbons (Fsp3) is 0.385. The zero-order valence-corrected chi connectivity index (χ0v) is 19.7. The largest absolute Gasteiger partial charge is 0.506 e. The van der Waals surface area contributed by atoms with Gasteiger partial charge in [0.25, 0.3) is 0 Å². The number of rotatable bonds is 6. The van der Waals surface area contributed by atoms with Crippen LogP contribution in [0, 0.1) is 5.92 Å². The monoisotopic (exact) mass is 467 g/mol. The minimum atomic E-state index is -0.321. The number of benzene rings is 2. The average Bonchev–Trinajstić information content (AvgIpc) is 2.81. The zero-order chi connectivity index (χ0) is 23.7. The average molecular weight is 468 g/mol. The van der Waals surface area contributed by atoms with Crippen LogP contribution in [0.15, 0.2) is 36.5 Å². The van der Waals surface area contributed by atoms with Crippen LogP contribution in [-0.2, 0) is 6.61 Å². The van der Waals surface area contributed by atoms with E-state index in [-0.39, 0.29) is 41.2 Å². The molecule has 0 atom stereocenters. The van der Waals surface area contributed by atoms with Gasteiger partial charge in [0.15, 0.2) is 5.78 Å². The Labute approximate surface area is 198 Å². The molecule has 0 radical (unpaired) electrons. The van der Waals surface area contributed by atoms with E-state index in [1.165, 1.54) is 0 Å². The van der Waals surface area contributed by atoms with Crippen molar-refractivity contribution >= 4 is 34.0 Å². The quantitative estimate of drug-likeness (QED) is 0.367. The van der Waals surface area contributed by atoms with Crippen LogP contribution in [-0.4, -0.2) is 33.1 Å². The molecule has 1 aliphatic carbocycles. The number of aromatic hydroxyl groups is 1. The smallest absolute Gasteiger partial charge is 0.169 e. The molecule has 5 N–H and O–H groups in total. The lowest BCUT2D eigenvalue weighted by atomic mass is 9.90. The summed E-state index contributed by atoms with van der Waals surface area (Å²) in [6, 6.07) is 9.68. The topological polar surface area (TPSA) is 108 Å². The summed E-state index contributed by atoms with van der Waals surface area (Å²) in [6.45, 7) is 3.46. The summed E-state index contributed by atoms with van der Waals surface area (Å²) in [5.41, 5.74) is 10.2. The molecule has 0 amide bonds. The fourth-order valence-corrected chi connectivity index (χ4v) is 4.68. The Balaban J connectivity index is 1.85. The number of nitrogens with zero attached hydrogens (tertiary/aromatic N) is 1. The van der Waals surface area contributed by atoms with Crippen molar-refractivity contribution in [2.75, 3.05) is 5.32 Å². The maximum atomic E-state index is 13.1. The van der Waals surface area contributed by atoms with Gasteiger partial charge >= 0.3 is 0 Å². The molecule has 33 heavy (non-hydrogen) atoms. The molecule has 0 bridgehead atoms. The predicted molar refractivity (Wildman–Crippen MR) is 133 cm³/mol. The van der Waals surface area contributed by atoms with Crippen LogP contribution < -0.4 is 11.1 Å². The van der Waals surface area contributed by atoms with Crippen molar-refractivity contribution in [3.8, 4) is 16.9 Å². The maximum absolute atomic E-state index is 13.1. The molecule has 0 aliphatic heterocycles. The first-order valence-corrected chi connectivity index (χ1v) is 11.8. The number of nitrogens with two attached hydrogens (primary N) is 1. The summed E-state index contributed by atoms with van der Waals surface area (Å²) in [5, 5.41) is 24.3. The number of aliphatic hydroxyl groups excluding tert-OH is 1. The Bertz CT molecular complexity index is 1190. The van der Waals surface area contributed by atoms with Crippen molar-refractivity contribution < 1.29 is 15.0 Å². The van der Waals surface area contributed by atoms with E-state index in [2.05, 4.69) is 10.3 Å². The van der Waals surface area contributed by atoms with Crippen molar-refractivity contribution in [3.63, 3.8) is 0 Å². The number of phenols is 1. The van der Waals surface area contributed by atoms with Gasteiger partial charge in [0.2, 0.25) is 0 Å². The fourth-order valence-electron chi connectivity index (χ4n) is 4.44. The molecule has 4 rings (SSSR count). The van der Waals surface area contributed by atoms with Gasteiger partial charge < -0.3 is 21.3 Å². The molecule has 3 aromatic rings. The number of hydrogen-bond donors (Lipinski definition) is 4. The molecule has 7 heteroatoms. The van der Waals surface area contributed by atoms with Gasteiger partial charge in [0.05, 0.1) is 28.4 Å². The Morgan fingerprint density at radius 1 is 1.18 bits per heavy atom. The summed E-state index contributed by atoms with van der Waals surface area (Å²) in [7, 11) is 0. The second-order valence-electron chi connectivity index (χ2n) is 9.18. The molecule has 1 aromatic heterocycles. The Kier molecular flexibility index (Phi) is 6.88. The van der Waals surface area contributed by atoms with Gasteiger partial charge in [-0.15, -0.1) is 0 Å². The molecule has 0 saturated heterocycles. The molecule has 2 aromatic carbocycles. The van der Waals surface area contributed by atoms with Crippen LogP contribution in [0.3, 0.4) is 0 Å². The number of halogens is 1. The third kappa shape index (κ3) is 4.83. The van der Waals surface area contributed by atoms with Crippen LogP contribution in [0.2, 0.25) is 5.02 Å². The number of fused-ring (bicyclic) bond motifs is 1. The Morgan fingerprint density at radius 2 is 1.91 bits per heavy atom. The summed E-state index contributed by atoms with van der Waals surface area (Å²) >= 11 is 6.20. The van der Waals surface area contributed by atoms with Crippen molar-refractivity contribution in [2.24, 2.45) is 11.7 Å². The van der Waals surface area contributed by atoms with E-state index < -0.39 is 0 Å². The normalized spacial score (nSPS) is 18.6. The van der Waals surface area contributed by atoms with Crippen molar-refractivity contribution in [1.82, 2.24) is 4.98 Å². The summed E-state index contributed by atoms with van der Waals surface area (Å²) in [5.74, 6) is -0.233. The van der Waals surface area contributed by atoms with Gasteiger partial charge in [-0.3, -0.25) is 9.78 Å². The van der Waals surface area contributed by atoms with Gasteiger partial charge in [-0.2, -0.15) is 0 Å². The molecular formula is C26H30ClN3O3. The number of carbonyl (C=O) groups excluding carboxylic acids is 1. The molecule has 6 nitrogen and oxygen atoms in total. The third-order valence-corrected chi connectivity index (χ3v) is 6.71. The highest BCUT2D eigenvalue weighted by Crippen LogP contribution is 2.37. The number of pyridine rings is 1. The number of aliphatic hydroxyl groups is 1. The van der Waals surface area contributed by atoms with Crippen LogP contribution in [0.25, 0.3) is 22.0 Å². The first-order chi connectivity index (χ1) is 15.8. The minimum absolute atomic E-state index is 0.0417. The van der Waals surface area contributed by atoms with E-state index in [1.54, 1.807) is 18.3 Å². The standard InChI is InChI=1S/C26H30ClN3O3/c1-14(2)25(32)21-12-29-23-8-3-15(16-9-17(13-31)26(33)22(27)11-16)10-20(23)24(21)30-19-6-4-18(28)5-7-19/h3,8-12,14,18-19,31,33H,4-7,13,28H2,1-2H3,(H,29,30)/t18-,19-. The molecule has 0 spiro atoms. The molecule has 1 aliphatic rings. The number of carbonyl (C=O) groups is 1. The van der Waals surface area contributed by atoms with E-state index in [0.29, 0.717) is 11.1 Å². The minimum Gasteiger partial charge on any atom is -0.506 e. The number of Topliss-reactive ketones (excluding diaryl/α,β-unsaturated/α-hetero) is 1. The lowest BCUT2D eigenvalue weighted by molar-refractivity contribution is 0.0940. The highest BCUT2D eigenvalue weighted by molar-refractivity contribution is 6.32. The first kappa shape index (κ1) is 23.5. The summed E-state index contributed by atoms with van der Waals surface area (Å²) in [6.07, 6.45) is 5.48. The lowest BCUT2D eigenvalue weighted by Crippen LogP contribution is -2.33. The summed E-state index contributed by atoms with van der Waals surface area (Å²) < 4.78 is 0. The number of anilines is 1. The highest BCUT2D eigenvalue weighted by atomic mass is 35.5. The molecule has 1 fully saturated rings. The van der Waals surface area contributed by atoms with E-state index >= 15 is 0 Å². The second-order valence-corrected chi connectivity index (χ2v) is 9.58.